The zero-order chi connectivity index (χ0) is 18.0. The molecule has 0 heterocycles. The van der Waals surface area contributed by atoms with E-state index in [2.05, 4.69) is 31.0 Å². The molecule has 0 fully saturated rings. The number of aliphatic hydroxyl groups is 1. The SMILES string of the molecule is C=C(O)CC(NC(=O)C1(C)CC/C=C/C(C)CC1)C(=O)O.CC. The quantitative estimate of drug-likeness (QED) is 0.530. The van der Waals surface area contributed by atoms with E-state index in [-0.39, 0.29) is 18.1 Å². The molecule has 5 heteroatoms. The van der Waals surface area contributed by atoms with Crippen LogP contribution in [0.15, 0.2) is 24.5 Å². The number of nitrogens with one attached hydrogen (secondary N) is 1. The highest BCUT2D eigenvalue weighted by Crippen LogP contribution is 2.33. The van der Waals surface area contributed by atoms with E-state index in [1.165, 1.54) is 0 Å². The maximum Gasteiger partial charge on any atom is 0.326 e. The Morgan fingerprint density at radius 3 is 2.48 bits per heavy atom. The van der Waals surface area contributed by atoms with Crippen molar-refractivity contribution in [2.75, 3.05) is 0 Å². The summed E-state index contributed by atoms with van der Waals surface area (Å²) >= 11 is 0. The Bertz CT molecular complexity index is 444. The monoisotopic (exact) mass is 325 g/mol. The summed E-state index contributed by atoms with van der Waals surface area (Å²) in [6.07, 6.45) is 7.18. The van der Waals surface area contributed by atoms with Crippen molar-refractivity contribution >= 4 is 11.9 Å². The number of hydrogen-bond donors (Lipinski definition) is 3. The van der Waals surface area contributed by atoms with E-state index in [9.17, 15) is 9.59 Å². The molecule has 132 valence electrons. The van der Waals surface area contributed by atoms with Crippen molar-refractivity contribution in [2.45, 2.75) is 65.8 Å². The summed E-state index contributed by atoms with van der Waals surface area (Å²) < 4.78 is 0. The largest absolute Gasteiger partial charge is 0.513 e. The molecule has 0 saturated carbocycles. The van der Waals surface area contributed by atoms with E-state index in [1.54, 1.807) is 0 Å². The van der Waals surface area contributed by atoms with E-state index < -0.39 is 17.4 Å². The Morgan fingerprint density at radius 2 is 1.96 bits per heavy atom. The number of amides is 1. The molecule has 1 rings (SSSR count). The van der Waals surface area contributed by atoms with E-state index >= 15 is 0 Å². The van der Waals surface area contributed by atoms with Crippen LogP contribution in [0.1, 0.15) is 59.8 Å². The van der Waals surface area contributed by atoms with Gasteiger partial charge in [0.05, 0.1) is 5.76 Å². The number of carboxylic acids is 1. The Morgan fingerprint density at radius 1 is 1.35 bits per heavy atom. The molecule has 0 aliphatic heterocycles. The molecule has 5 nitrogen and oxygen atoms in total. The lowest BCUT2D eigenvalue weighted by Crippen LogP contribution is -2.48. The third kappa shape index (κ3) is 7.35. The van der Waals surface area contributed by atoms with Crippen LogP contribution in [0.25, 0.3) is 0 Å². The van der Waals surface area contributed by atoms with Crippen molar-refractivity contribution < 1.29 is 19.8 Å². The van der Waals surface area contributed by atoms with Crippen molar-refractivity contribution in [1.29, 1.82) is 0 Å². The predicted molar refractivity (Wildman–Crippen MR) is 92.2 cm³/mol. The fraction of sp³-hybridized carbons (Fsp3) is 0.667. The minimum atomic E-state index is -1.17. The summed E-state index contributed by atoms with van der Waals surface area (Å²) in [5.74, 6) is -1.26. The molecule has 1 aliphatic carbocycles. The fourth-order valence-corrected chi connectivity index (χ4v) is 2.49. The van der Waals surface area contributed by atoms with Crippen LogP contribution >= 0.6 is 0 Å². The van der Waals surface area contributed by atoms with Gasteiger partial charge in [0.1, 0.15) is 6.04 Å². The van der Waals surface area contributed by atoms with E-state index in [0.717, 1.165) is 19.3 Å². The van der Waals surface area contributed by atoms with Crippen molar-refractivity contribution in [3.8, 4) is 0 Å². The maximum absolute atomic E-state index is 12.5. The Balaban J connectivity index is 0.00000232. The van der Waals surface area contributed by atoms with Crippen LogP contribution in [-0.4, -0.2) is 28.1 Å². The molecule has 0 bridgehead atoms. The maximum atomic E-state index is 12.5. The van der Waals surface area contributed by atoms with Crippen LogP contribution < -0.4 is 5.32 Å². The molecule has 1 aliphatic rings. The number of aliphatic hydroxyl groups excluding tert-OH is 1. The van der Waals surface area contributed by atoms with Crippen molar-refractivity contribution in [2.24, 2.45) is 11.3 Å². The third-order valence-corrected chi connectivity index (χ3v) is 4.07. The van der Waals surface area contributed by atoms with Crippen molar-refractivity contribution in [1.82, 2.24) is 5.32 Å². The molecule has 0 spiro atoms. The van der Waals surface area contributed by atoms with E-state index in [4.69, 9.17) is 10.2 Å². The van der Waals surface area contributed by atoms with Gasteiger partial charge in [-0.1, -0.05) is 46.4 Å². The van der Waals surface area contributed by atoms with Crippen LogP contribution in [0.5, 0.6) is 0 Å². The first-order chi connectivity index (χ1) is 10.7. The van der Waals surface area contributed by atoms with Crippen LogP contribution in [0.3, 0.4) is 0 Å². The Labute approximate surface area is 139 Å². The van der Waals surface area contributed by atoms with Gasteiger partial charge in [0.15, 0.2) is 0 Å². The van der Waals surface area contributed by atoms with E-state index in [0.29, 0.717) is 12.3 Å². The standard InChI is InChI=1S/C16H25NO4.C2H6/c1-11-6-4-5-8-16(3,9-7-11)15(21)17-13(14(19)20)10-12(2)18;1-2/h4,6,11,13,18H,2,5,7-10H2,1,3H3,(H,17,21)(H,19,20);1-2H3/b6-4+;. The lowest BCUT2D eigenvalue weighted by molar-refractivity contribution is -0.144. The van der Waals surface area contributed by atoms with Crippen LogP contribution in [-0.2, 0) is 9.59 Å². The molecule has 1 amide bonds. The number of carbonyl (C=O) groups excluding carboxylic acids is 1. The number of rotatable bonds is 5. The molecular formula is C18H31NO4. The molecule has 3 N–H and O–H groups in total. The molecule has 0 saturated heterocycles. The molecule has 0 radical (unpaired) electrons. The van der Waals surface area contributed by atoms with Gasteiger partial charge >= 0.3 is 5.97 Å². The molecule has 23 heavy (non-hydrogen) atoms. The van der Waals surface area contributed by atoms with Gasteiger partial charge in [0.2, 0.25) is 5.91 Å². The summed E-state index contributed by atoms with van der Waals surface area (Å²) in [7, 11) is 0. The summed E-state index contributed by atoms with van der Waals surface area (Å²) in [6, 6.07) is -1.13. The third-order valence-electron chi connectivity index (χ3n) is 4.07. The number of carboxylic acid groups (broad SMARTS) is 1. The second kappa shape index (κ2) is 10.1. The molecule has 3 unspecified atom stereocenters. The summed E-state index contributed by atoms with van der Waals surface area (Å²) in [5, 5.41) is 20.8. The highest BCUT2D eigenvalue weighted by molar-refractivity contribution is 5.87. The summed E-state index contributed by atoms with van der Waals surface area (Å²) in [5.41, 5.74) is -0.580. The highest BCUT2D eigenvalue weighted by atomic mass is 16.4. The van der Waals surface area contributed by atoms with Gasteiger partial charge in [-0.15, -0.1) is 0 Å². The number of carbonyl (C=O) groups is 2. The average Bonchev–Trinajstić information content (AvgIpc) is 2.48. The minimum absolute atomic E-state index is 0.173. The number of aliphatic carboxylic acids is 1. The average molecular weight is 325 g/mol. The minimum Gasteiger partial charge on any atom is -0.513 e. The normalized spacial score (nSPS) is 26.5. The first-order valence-corrected chi connectivity index (χ1v) is 8.32. The van der Waals surface area contributed by atoms with E-state index in [1.807, 2.05) is 20.8 Å². The number of hydrogen-bond acceptors (Lipinski definition) is 3. The van der Waals surface area contributed by atoms with Gasteiger partial charge in [-0.2, -0.15) is 0 Å². The summed E-state index contributed by atoms with van der Waals surface area (Å²) in [4.78, 5) is 23.6. The summed E-state index contributed by atoms with van der Waals surface area (Å²) in [6.45, 7) is 11.3. The van der Waals surface area contributed by atoms with Crippen LogP contribution in [0.2, 0.25) is 0 Å². The topological polar surface area (TPSA) is 86.6 Å². The molecular weight excluding hydrogens is 294 g/mol. The first-order valence-electron chi connectivity index (χ1n) is 8.32. The molecule has 3 atom stereocenters. The van der Waals surface area contributed by atoms with Crippen LogP contribution in [0, 0.1) is 11.3 Å². The Kier molecular flexibility index (Phi) is 9.30. The van der Waals surface area contributed by atoms with Gasteiger partial charge in [0.25, 0.3) is 0 Å². The zero-order valence-corrected chi connectivity index (χ0v) is 14.8. The fourth-order valence-electron chi connectivity index (χ4n) is 2.49. The zero-order valence-electron chi connectivity index (χ0n) is 14.8. The number of allylic oxidation sites excluding steroid dienone is 2. The molecule has 0 aromatic heterocycles. The second-order valence-electron chi connectivity index (χ2n) is 6.18. The van der Waals surface area contributed by atoms with Gasteiger partial charge in [-0.25, -0.2) is 4.79 Å². The highest BCUT2D eigenvalue weighted by Gasteiger charge is 2.35. The lowest BCUT2D eigenvalue weighted by Gasteiger charge is -2.31. The van der Waals surface area contributed by atoms with Gasteiger partial charge in [0, 0.05) is 11.8 Å². The Hall–Kier alpha value is -1.78. The first kappa shape index (κ1) is 21.2. The van der Waals surface area contributed by atoms with Crippen molar-refractivity contribution in [3.63, 3.8) is 0 Å². The van der Waals surface area contributed by atoms with Crippen molar-refractivity contribution in [3.05, 3.63) is 24.5 Å². The van der Waals surface area contributed by atoms with Gasteiger partial charge in [-0.05, 0) is 31.6 Å². The van der Waals surface area contributed by atoms with Gasteiger partial charge in [-0.3, -0.25) is 4.79 Å². The second-order valence-corrected chi connectivity index (χ2v) is 6.18. The van der Waals surface area contributed by atoms with Crippen LogP contribution in [0.4, 0.5) is 0 Å². The lowest BCUT2D eigenvalue weighted by atomic mass is 9.76. The molecule has 0 aromatic carbocycles. The predicted octanol–water partition coefficient (Wildman–Crippen LogP) is 3.82. The molecule has 0 aromatic rings. The van der Waals surface area contributed by atoms with Gasteiger partial charge < -0.3 is 15.5 Å². The smallest absolute Gasteiger partial charge is 0.326 e.